The molecule has 0 aliphatic heterocycles. The van der Waals surface area contributed by atoms with Gasteiger partial charge in [0.1, 0.15) is 0 Å². The van der Waals surface area contributed by atoms with Crippen LogP contribution in [0.15, 0.2) is 0 Å². The molecule has 0 aliphatic rings. The van der Waals surface area contributed by atoms with E-state index in [0.717, 1.165) is 0 Å². The van der Waals surface area contributed by atoms with Crippen LogP contribution in [0.1, 0.15) is 0 Å². The zero-order valence-corrected chi connectivity index (χ0v) is 4.64. The number of hydrogen-bond donors (Lipinski definition) is 2. The molecule has 0 aliphatic carbocycles. The van der Waals surface area contributed by atoms with Gasteiger partial charge in [-0.25, -0.2) is 0 Å². The third-order valence-electron chi connectivity index (χ3n) is 0. The minimum atomic E-state index is -2.87. The predicted molar refractivity (Wildman–Crippen MR) is 23.6 cm³/mol. The van der Waals surface area contributed by atoms with Gasteiger partial charge >= 0.3 is 8.25 Å². The Balaban J connectivity index is -0.0000000450. The summed E-state index contributed by atoms with van der Waals surface area (Å²) < 4.78 is 8.70. The largest absolute Gasteiger partial charge is 0.692 e. The topological polar surface area (TPSA) is 57.5 Å². The van der Waals surface area contributed by atoms with Crippen molar-refractivity contribution in [3.8, 4) is 0 Å². The normalized spacial score (nSPS) is 4.33. The van der Waals surface area contributed by atoms with E-state index in [0.29, 0.717) is 0 Å². The molecule has 0 spiro atoms. The van der Waals surface area contributed by atoms with Crippen LogP contribution in [0, 0.1) is 0 Å². The molecule has 0 aromatic rings. The zero-order valence-electron chi connectivity index (χ0n) is 3.75. The van der Waals surface area contributed by atoms with Crippen molar-refractivity contribution in [1.29, 1.82) is 0 Å². The minimum absolute atomic E-state index is 0. The van der Waals surface area contributed by atoms with Crippen LogP contribution < -0.4 is 0 Å². The fourth-order valence-electron chi connectivity index (χ4n) is 0. The predicted octanol–water partition coefficient (Wildman–Crippen LogP) is -1.13. The minimum Gasteiger partial charge on any atom is -0.134 e. The third kappa shape index (κ3) is 62.8. The van der Waals surface area contributed by atoms with Gasteiger partial charge in [-0.05, 0) is 0 Å². The van der Waals surface area contributed by atoms with Crippen LogP contribution in [-0.2, 0) is 4.57 Å². The van der Waals surface area contributed by atoms with Gasteiger partial charge in [-0.3, -0.25) is 0 Å². The van der Waals surface area contributed by atoms with Crippen molar-refractivity contribution in [3.05, 3.63) is 0 Å². The molecule has 0 unspecified atom stereocenters. The molecule has 0 atom stereocenters. The average molecular weight is 94.9 g/mol. The average Bonchev–Trinajstić information content (AvgIpc) is 0.811. The third-order valence-corrected chi connectivity index (χ3v) is 0. The fraction of sp³-hybridized carbons (Fsp3) is 0. The summed E-state index contributed by atoms with van der Waals surface area (Å²) in [6.07, 6.45) is 0. The van der Waals surface area contributed by atoms with E-state index >= 15 is 0 Å². The number of hydrogen-bond acceptors (Lipinski definition) is 1. The SMILES string of the molecule is O=[P+](O)O.[Li].[Li]. The van der Waals surface area contributed by atoms with Crippen LogP contribution in [0.4, 0.5) is 0 Å². The van der Waals surface area contributed by atoms with Gasteiger partial charge in [-0.1, -0.05) is 0 Å². The molecule has 2 N–H and O–H groups in total. The molecule has 0 aromatic heterocycles. The van der Waals surface area contributed by atoms with Crippen molar-refractivity contribution in [2.45, 2.75) is 0 Å². The Morgan fingerprint density at radius 1 is 1.17 bits per heavy atom. The molecule has 0 fully saturated rings. The monoisotopic (exact) mass is 95.0 g/mol. The van der Waals surface area contributed by atoms with E-state index in [9.17, 15) is 0 Å². The van der Waals surface area contributed by atoms with Gasteiger partial charge in [0.15, 0.2) is 0 Å². The van der Waals surface area contributed by atoms with E-state index in [2.05, 4.69) is 0 Å². The second-order valence-corrected chi connectivity index (χ2v) is 0.758. The van der Waals surface area contributed by atoms with E-state index < -0.39 is 8.25 Å². The van der Waals surface area contributed by atoms with Crippen LogP contribution >= 0.6 is 8.25 Å². The van der Waals surface area contributed by atoms with Crippen molar-refractivity contribution in [2.75, 3.05) is 0 Å². The maximum absolute atomic E-state index is 8.70. The Bertz CT molecular complexity index is 31.8. The van der Waals surface area contributed by atoms with Gasteiger partial charge in [0, 0.05) is 42.3 Å². The van der Waals surface area contributed by atoms with Crippen LogP contribution in [0.5, 0.6) is 0 Å². The van der Waals surface area contributed by atoms with Crippen molar-refractivity contribution >= 4 is 46.0 Å². The van der Waals surface area contributed by atoms with E-state index in [1.165, 1.54) is 0 Å². The van der Waals surface area contributed by atoms with Crippen molar-refractivity contribution in [2.24, 2.45) is 0 Å². The molecule has 2 radical (unpaired) electrons. The van der Waals surface area contributed by atoms with Gasteiger partial charge in [-0.2, -0.15) is 0 Å². The van der Waals surface area contributed by atoms with E-state index in [1.807, 2.05) is 0 Å². The Morgan fingerprint density at radius 3 is 1.17 bits per heavy atom. The molecule has 0 amide bonds. The Kier molecular flexibility index (Phi) is 24.9. The van der Waals surface area contributed by atoms with Crippen molar-refractivity contribution in [1.82, 2.24) is 0 Å². The standard InChI is InChI=1S/2Li.HO3P/c;;1-4(2)3/h;;(H-,1,2,3)/p+1. The number of rotatable bonds is 0. The second-order valence-electron chi connectivity index (χ2n) is 0.253. The summed E-state index contributed by atoms with van der Waals surface area (Å²) in [7, 11) is -2.87. The van der Waals surface area contributed by atoms with Gasteiger partial charge < -0.3 is 0 Å². The summed E-state index contributed by atoms with van der Waals surface area (Å²) in [5.74, 6) is 0. The molecule has 0 saturated carbocycles. The Hall–Kier alpha value is 1.21. The Labute approximate surface area is 60.4 Å². The summed E-state index contributed by atoms with van der Waals surface area (Å²) in [5.41, 5.74) is 0. The first-order valence-electron chi connectivity index (χ1n) is 0.583. The molecule has 3 nitrogen and oxygen atoms in total. The van der Waals surface area contributed by atoms with Gasteiger partial charge in [0.25, 0.3) is 0 Å². The maximum Gasteiger partial charge on any atom is 0.692 e. The molecule has 0 aromatic carbocycles. The van der Waals surface area contributed by atoms with E-state index in [4.69, 9.17) is 14.4 Å². The van der Waals surface area contributed by atoms with Gasteiger partial charge in [-0.15, -0.1) is 9.79 Å². The van der Waals surface area contributed by atoms with Crippen LogP contribution in [-0.4, -0.2) is 47.5 Å². The summed E-state index contributed by atoms with van der Waals surface area (Å²) >= 11 is 0. The molecular weight excluding hydrogens is 92.9 g/mol. The van der Waals surface area contributed by atoms with Gasteiger partial charge in [0.2, 0.25) is 0 Å². The first-order chi connectivity index (χ1) is 1.73. The van der Waals surface area contributed by atoms with Crippen molar-refractivity contribution < 1.29 is 14.4 Å². The van der Waals surface area contributed by atoms with Crippen molar-refractivity contribution in [3.63, 3.8) is 0 Å². The zero-order chi connectivity index (χ0) is 3.58. The van der Waals surface area contributed by atoms with E-state index in [-0.39, 0.29) is 37.7 Å². The summed E-state index contributed by atoms with van der Waals surface area (Å²) in [5, 5.41) is 0. The second kappa shape index (κ2) is 9.51. The van der Waals surface area contributed by atoms with Crippen LogP contribution in [0.2, 0.25) is 0 Å². The molecule has 0 saturated heterocycles. The maximum atomic E-state index is 8.70. The first kappa shape index (κ1) is 15.7. The first-order valence-corrected chi connectivity index (χ1v) is 1.75. The van der Waals surface area contributed by atoms with Gasteiger partial charge in [0.05, 0.1) is 0 Å². The summed E-state index contributed by atoms with van der Waals surface area (Å²) in [4.78, 5) is 14.2. The molecule has 0 heterocycles. The fourth-order valence-corrected chi connectivity index (χ4v) is 0. The molecule has 0 rings (SSSR count). The molecular formula is H2Li2O3P+. The molecule has 0 bridgehead atoms. The molecule has 26 valence electrons. The smallest absolute Gasteiger partial charge is 0.134 e. The summed E-state index contributed by atoms with van der Waals surface area (Å²) in [6, 6.07) is 0. The Morgan fingerprint density at radius 2 is 1.17 bits per heavy atom. The quantitative estimate of drug-likeness (QED) is 0.295. The summed E-state index contributed by atoms with van der Waals surface area (Å²) in [6.45, 7) is 0. The van der Waals surface area contributed by atoms with Crippen LogP contribution in [0.25, 0.3) is 0 Å². The van der Waals surface area contributed by atoms with E-state index in [1.54, 1.807) is 0 Å². The molecule has 6 heteroatoms. The van der Waals surface area contributed by atoms with Crippen LogP contribution in [0.3, 0.4) is 0 Å². The molecule has 6 heavy (non-hydrogen) atoms.